The van der Waals surface area contributed by atoms with Gasteiger partial charge in [0.25, 0.3) is 5.91 Å². The van der Waals surface area contributed by atoms with Gasteiger partial charge in [0.15, 0.2) is 0 Å². The van der Waals surface area contributed by atoms with E-state index >= 15 is 0 Å². The molecule has 1 atom stereocenters. The number of carbonyl (C=O) groups excluding carboxylic acids is 1. The fourth-order valence-corrected chi connectivity index (χ4v) is 4.79. The van der Waals surface area contributed by atoms with Crippen LogP contribution in [0.25, 0.3) is 0 Å². The Labute approximate surface area is 151 Å². The van der Waals surface area contributed by atoms with Crippen LogP contribution in [0.3, 0.4) is 0 Å². The Bertz CT molecular complexity index is 808. The Morgan fingerprint density at radius 2 is 2.20 bits per heavy atom. The molecule has 1 aliphatic heterocycles. The van der Waals surface area contributed by atoms with Crippen LogP contribution in [0.1, 0.15) is 23.0 Å². The molecule has 0 saturated carbocycles. The van der Waals surface area contributed by atoms with Crippen LogP contribution in [0.4, 0.5) is 0 Å². The number of amides is 1. The van der Waals surface area contributed by atoms with Crippen LogP contribution >= 0.6 is 11.3 Å². The van der Waals surface area contributed by atoms with Crippen molar-refractivity contribution < 1.29 is 17.9 Å². The second kappa shape index (κ2) is 7.69. The molecule has 1 fully saturated rings. The van der Waals surface area contributed by atoms with Gasteiger partial charge in [-0.1, -0.05) is 0 Å². The monoisotopic (exact) mass is 383 g/mol. The van der Waals surface area contributed by atoms with Gasteiger partial charge in [-0.15, -0.1) is 0 Å². The highest BCUT2D eigenvalue weighted by Crippen LogP contribution is 2.18. The minimum absolute atomic E-state index is 0.0512. The molecule has 2 N–H and O–H groups in total. The number of H-pyrrole nitrogens is 1. The van der Waals surface area contributed by atoms with E-state index < -0.39 is 10.0 Å². The van der Waals surface area contributed by atoms with Gasteiger partial charge in [-0.25, -0.2) is 8.42 Å². The molecule has 1 aliphatic rings. The molecule has 136 valence electrons. The summed E-state index contributed by atoms with van der Waals surface area (Å²) in [6.07, 6.45) is 2.10. The van der Waals surface area contributed by atoms with Gasteiger partial charge in [0.05, 0.1) is 13.2 Å². The molecule has 0 radical (unpaired) electrons. The predicted molar refractivity (Wildman–Crippen MR) is 95.3 cm³/mol. The van der Waals surface area contributed by atoms with Crippen LogP contribution in [0, 0.1) is 0 Å². The van der Waals surface area contributed by atoms with Crippen molar-refractivity contribution in [3.05, 3.63) is 40.3 Å². The number of hydrogen-bond donors (Lipinski definition) is 2. The maximum absolute atomic E-state index is 12.6. The number of nitrogens with zero attached hydrogens (tertiary/aromatic N) is 1. The molecule has 0 bridgehead atoms. The summed E-state index contributed by atoms with van der Waals surface area (Å²) in [5, 5.41) is 6.93. The van der Waals surface area contributed by atoms with Crippen molar-refractivity contribution in [2.75, 3.05) is 26.3 Å². The molecule has 0 aromatic carbocycles. The number of thiophene rings is 1. The van der Waals surface area contributed by atoms with E-state index in [1.54, 1.807) is 11.3 Å². The van der Waals surface area contributed by atoms with Gasteiger partial charge >= 0.3 is 0 Å². The van der Waals surface area contributed by atoms with E-state index in [2.05, 4.69) is 10.3 Å². The summed E-state index contributed by atoms with van der Waals surface area (Å²) in [6, 6.07) is 3.36. The van der Waals surface area contributed by atoms with E-state index in [1.807, 2.05) is 23.8 Å². The smallest absolute Gasteiger partial charge is 0.267 e. The molecule has 0 aliphatic carbocycles. The van der Waals surface area contributed by atoms with Crippen molar-refractivity contribution in [2.45, 2.75) is 24.3 Å². The molecule has 1 saturated heterocycles. The van der Waals surface area contributed by atoms with Crippen molar-refractivity contribution >= 4 is 27.3 Å². The topological polar surface area (TPSA) is 91.5 Å². The highest BCUT2D eigenvalue weighted by Gasteiger charge is 2.28. The maximum Gasteiger partial charge on any atom is 0.267 e. The first kappa shape index (κ1) is 18.1. The molecule has 2 aromatic heterocycles. The van der Waals surface area contributed by atoms with E-state index in [1.165, 1.54) is 22.1 Å². The quantitative estimate of drug-likeness (QED) is 0.790. The van der Waals surface area contributed by atoms with E-state index in [-0.39, 0.29) is 22.5 Å². The summed E-state index contributed by atoms with van der Waals surface area (Å²) in [4.78, 5) is 15.2. The normalized spacial score (nSPS) is 17.3. The highest BCUT2D eigenvalue weighted by molar-refractivity contribution is 7.89. The number of ether oxygens (including phenoxy) is 1. The van der Waals surface area contributed by atoms with Gasteiger partial charge in [-0.3, -0.25) is 4.79 Å². The van der Waals surface area contributed by atoms with E-state index in [4.69, 9.17) is 4.74 Å². The number of morpholine rings is 1. The van der Waals surface area contributed by atoms with Crippen LogP contribution in [0.2, 0.25) is 0 Å². The second-order valence-corrected chi connectivity index (χ2v) is 8.69. The zero-order valence-corrected chi connectivity index (χ0v) is 15.5. The van der Waals surface area contributed by atoms with Crippen LogP contribution in [-0.2, 0) is 21.2 Å². The molecule has 3 heterocycles. The maximum atomic E-state index is 12.6. The number of nitrogens with one attached hydrogen (secondary N) is 2. The molecular weight excluding hydrogens is 362 g/mol. The van der Waals surface area contributed by atoms with Crippen molar-refractivity contribution in [3.8, 4) is 0 Å². The summed E-state index contributed by atoms with van der Waals surface area (Å²) < 4.78 is 31.7. The Morgan fingerprint density at radius 3 is 2.88 bits per heavy atom. The molecule has 9 heteroatoms. The summed E-state index contributed by atoms with van der Waals surface area (Å²) in [7, 11) is -3.60. The van der Waals surface area contributed by atoms with E-state index in [0.717, 1.165) is 6.42 Å². The Balaban J connectivity index is 1.64. The van der Waals surface area contributed by atoms with Crippen molar-refractivity contribution in [1.82, 2.24) is 14.6 Å². The largest absolute Gasteiger partial charge is 0.379 e. The summed E-state index contributed by atoms with van der Waals surface area (Å²) >= 11 is 1.62. The summed E-state index contributed by atoms with van der Waals surface area (Å²) in [5.41, 5.74) is 1.41. The van der Waals surface area contributed by atoms with E-state index in [9.17, 15) is 13.2 Å². The van der Waals surface area contributed by atoms with Gasteiger partial charge in [-0.2, -0.15) is 15.6 Å². The summed E-state index contributed by atoms with van der Waals surface area (Å²) in [5.74, 6) is -0.314. The fraction of sp³-hybridized carbons (Fsp3) is 0.438. The third-order valence-corrected chi connectivity index (χ3v) is 6.62. The standard InChI is InChI=1S/C16H21N3O4S2/c1-12(8-13-2-7-24-11-13)18-16(20)15-9-14(10-17-15)25(21,22)19-3-5-23-6-4-19/h2,7,9-12,17H,3-6,8H2,1H3,(H,18,20). The van der Waals surface area contributed by atoms with Crippen LogP contribution in [-0.4, -0.2) is 56.0 Å². The first-order valence-corrected chi connectivity index (χ1v) is 10.4. The van der Waals surface area contributed by atoms with Gasteiger partial charge < -0.3 is 15.0 Å². The lowest BCUT2D eigenvalue weighted by Crippen LogP contribution is -2.40. The Morgan fingerprint density at radius 1 is 1.44 bits per heavy atom. The highest BCUT2D eigenvalue weighted by atomic mass is 32.2. The number of hydrogen-bond acceptors (Lipinski definition) is 5. The molecule has 1 amide bonds. The van der Waals surface area contributed by atoms with Crippen LogP contribution in [0.5, 0.6) is 0 Å². The Kier molecular flexibility index (Phi) is 5.57. The van der Waals surface area contributed by atoms with Gasteiger partial charge in [0, 0.05) is 25.3 Å². The third-order valence-electron chi connectivity index (χ3n) is 4.01. The molecule has 2 aromatic rings. The number of aromatic amines is 1. The van der Waals surface area contributed by atoms with Gasteiger partial charge in [-0.05, 0) is 41.8 Å². The van der Waals surface area contributed by atoms with E-state index in [0.29, 0.717) is 26.3 Å². The predicted octanol–water partition coefficient (Wildman–Crippen LogP) is 1.46. The zero-order valence-electron chi connectivity index (χ0n) is 13.9. The van der Waals surface area contributed by atoms with Gasteiger partial charge in [0.1, 0.15) is 10.6 Å². The average Bonchev–Trinajstić information content (AvgIpc) is 3.27. The molecule has 1 unspecified atom stereocenters. The van der Waals surface area contributed by atoms with Crippen molar-refractivity contribution in [1.29, 1.82) is 0 Å². The molecule has 0 spiro atoms. The van der Waals surface area contributed by atoms with Crippen LogP contribution < -0.4 is 5.32 Å². The number of carbonyl (C=O) groups is 1. The average molecular weight is 383 g/mol. The zero-order chi connectivity index (χ0) is 17.9. The van der Waals surface area contributed by atoms with Gasteiger partial charge in [0.2, 0.25) is 10.0 Å². The molecule has 7 nitrogen and oxygen atoms in total. The van der Waals surface area contributed by atoms with Crippen LogP contribution in [0.15, 0.2) is 34.0 Å². The van der Waals surface area contributed by atoms with Crippen molar-refractivity contribution in [3.63, 3.8) is 0 Å². The number of sulfonamides is 1. The lowest BCUT2D eigenvalue weighted by atomic mass is 10.1. The lowest BCUT2D eigenvalue weighted by Gasteiger charge is -2.25. The molecular formula is C16H21N3O4S2. The number of rotatable bonds is 6. The lowest BCUT2D eigenvalue weighted by molar-refractivity contribution is 0.0730. The Hall–Kier alpha value is -1.68. The fourth-order valence-electron chi connectivity index (χ4n) is 2.71. The first-order chi connectivity index (χ1) is 12.0. The summed E-state index contributed by atoms with van der Waals surface area (Å²) in [6.45, 7) is 3.34. The minimum atomic E-state index is -3.60. The minimum Gasteiger partial charge on any atom is -0.379 e. The first-order valence-electron chi connectivity index (χ1n) is 8.05. The molecule has 25 heavy (non-hydrogen) atoms. The number of aromatic nitrogens is 1. The molecule has 3 rings (SSSR count). The van der Waals surface area contributed by atoms with Crippen molar-refractivity contribution in [2.24, 2.45) is 0 Å². The third kappa shape index (κ3) is 4.30. The SMILES string of the molecule is CC(Cc1ccsc1)NC(=O)c1cc(S(=O)(=O)N2CCOCC2)c[nH]1. The second-order valence-electron chi connectivity index (χ2n) is 5.98.